The standard InChI is InChI=1S/C21H21ClN2O3S/c1-21(12-22)17(24-18(25)15(23)19(24)28-21)20(26)27-16(13-8-4-2-5-9-13)14-10-6-3-7-11-14/h2-11,15-17,19H,12,23H2,1H3/t15?,17-,19+,21?/m0/s1. The van der Waals surface area contributed by atoms with Crippen LogP contribution in [0.25, 0.3) is 0 Å². The zero-order valence-electron chi connectivity index (χ0n) is 15.3. The number of fused-ring (bicyclic) bond motifs is 1. The van der Waals surface area contributed by atoms with Crippen molar-refractivity contribution in [1.82, 2.24) is 4.90 Å². The molecular formula is C21H21ClN2O3S. The summed E-state index contributed by atoms with van der Waals surface area (Å²) in [6.07, 6.45) is -0.566. The number of benzene rings is 2. The Labute approximate surface area is 173 Å². The molecule has 0 bridgehead atoms. The molecule has 0 aromatic heterocycles. The van der Waals surface area contributed by atoms with Gasteiger partial charge in [-0.2, -0.15) is 0 Å². The Hall–Kier alpha value is -2.02. The van der Waals surface area contributed by atoms with Gasteiger partial charge in [0.15, 0.2) is 6.10 Å². The highest BCUT2D eigenvalue weighted by atomic mass is 35.5. The third-order valence-corrected chi connectivity index (χ3v) is 7.68. The molecule has 0 aliphatic carbocycles. The minimum absolute atomic E-state index is 0.214. The van der Waals surface area contributed by atoms with Crippen molar-refractivity contribution in [3.05, 3.63) is 71.8 Å². The zero-order chi connectivity index (χ0) is 19.9. The van der Waals surface area contributed by atoms with Crippen LogP contribution in [0.5, 0.6) is 0 Å². The van der Waals surface area contributed by atoms with Gasteiger partial charge in [-0.3, -0.25) is 4.79 Å². The summed E-state index contributed by atoms with van der Waals surface area (Å²) in [6.45, 7) is 1.88. The number of halogens is 1. The molecule has 146 valence electrons. The van der Waals surface area contributed by atoms with Gasteiger partial charge in [0.2, 0.25) is 5.91 Å². The Morgan fingerprint density at radius 2 is 1.71 bits per heavy atom. The second kappa shape index (κ2) is 7.43. The Morgan fingerprint density at radius 1 is 1.18 bits per heavy atom. The fraction of sp³-hybridized carbons (Fsp3) is 0.333. The summed E-state index contributed by atoms with van der Waals surface area (Å²) in [4.78, 5) is 27.1. The topological polar surface area (TPSA) is 72.6 Å². The van der Waals surface area contributed by atoms with Crippen molar-refractivity contribution < 1.29 is 14.3 Å². The van der Waals surface area contributed by atoms with Crippen LogP contribution in [0.2, 0.25) is 0 Å². The van der Waals surface area contributed by atoms with Crippen LogP contribution in [0.15, 0.2) is 60.7 Å². The molecule has 2 aliphatic rings. The van der Waals surface area contributed by atoms with Gasteiger partial charge in [0, 0.05) is 5.88 Å². The Morgan fingerprint density at radius 3 is 2.21 bits per heavy atom. The van der Waals surface area contributed by atoms with E-state index in [2.05, 4.69) is 0 Å². The lowest BCUT2D eigenvalue weighted by Gasteiger charge is -2.42. The molecule has 2 unspecified atom stereocenters. The Bertz CT molecular complexity index is 842. The molecule has 7 heteroatoms. The average Bonchev–Trinajstić information content (AvgIpc) is 3.03. The molecule has 2 aromatic rings. The van der Waals surface area contributed by atoms with Crippen LogP contribution in [0.3, 0.4) is 0 Å². The Balaban J connectivity index is 1.65. The summed E-state index contributed by atoms with van der Waals surface area (Å²) in [5.74, 6) is -0.480. The van der Waals surface area contributed by atoms with Gasteiger partial charge in [0.25, 0.3) is 0 Å². The maximum absolute atomic E-state index is 13.3. The van der Waals surface area contributed by atoms with Crippen LogP contribution in [-0.2, 0) is 14.3 Å². The van der Waals surface area contributed by atoms with Crippen LogP contribution < -0.4 is 5.73 Å². The molecule has 2 heterocycles. The van der Waals surface area contributed by atoms with Crippen molar-refractivity contribution in [3.63, 3.8) is 0 Å². The number of alkyl halides is 1. The predicted octanol–water partition coefficient (Wildman–Crippen LogP) is 2.93. The minimum Gasteiger partial charge on any atom is -0.451 e. The molecule has 0 radical (unpaired) electrons. The van der Waals surface area contributed by atoms with Gasteiger partial charge < -0.3 is 15.4 Å². The number of thioether (sulfide) groups is 1. The van der Waals surface area contributed by atoms with E-state index in [4.69, 9.17) is 22.1 Å². The van der Waals surface area contributed by atoms with Gasteiger partial charge >= 0.3 is 5.97 Å². The highest BCUT2D eigenvalue weighted by Crippen LogP contribution is 2.51. The number of nitrogens with zero attached hydrogens (tertiary/aromatic N) is 1. The predicted molar refractivity (Wildman–Crippen MR) is 110 cm³/mol. The summed E-state index contributed by atoms with van der Waals surface area (Å²) in [5, 5.41) is -0.235. The Kier molecular flexibility index (Phi) is 5.12. The lowest BCUT2D eigenvalue weighted by atomic mass is 9.95. The maximum Gasteiger partial charge on any atom is 0.331 e. The number of ether oxygens (including phenoxy) is 1. The number of carbonyl (C=O) groups excluding carboxylic acids is 2. The summed E-state index contributed by atoms with van der Waals surface area (Å²) in [6, 6.07) is 17.8. The second-order valence-corrected chi connectivity index (χ2v) is 9.19. The summed E-state index contributed by atoms with van der Waals surface area (Å²) < 4.78 is 5.35. The first-order chi connectivity index (χ1) is 13.5. The van der Waals surface area contributed by atoms with Gasteiger partial charge in [-0.05, 0) is 18.1 Å². The van der Waals surface area contributed by atoms with Crippen molar-refractivity contribution in [2.75, 3.05) is 5.88 Å². The fourth-order valence-electron chi connectivity index (χ4n) is 3.78. The molecular weight excluding hydrogens is 396 g/mol. The molecule has 0 spiro atoms. The number of hydrogen-bond acceptors (Lipinski definition) is 5. The first kappa shape index (κ1) is 19.3. The highest BCUT2D eigenvalue weighted by Gasteiger charge is 2.64. The molecule has 1 amide bonds. The molecule has 2 fully saturated rings. The quantitative estimate of drug-likeness (QED) is 0.461. The molecule has 4 rings (SSSR count). The van der Waals surface area contributed by atoms with Crippen molar-refractivity contribution in [2.45, 2.75) is 35.2 Å². The van der Waals surface area contributed by atoms with Crippen molar-refractivity contribution in [1.29, 1.82) is 0 Å². The number of amides is 1. The minimum atomic E-state index is -0.762. The van der Waals surface area contributed by atoms with Crippen LogP contribution in [0.4, 0.5) is 0 Å². The SMILES string of the molecule is CC1(CCl)S[C@@H]2C(N)C(=O)N2[C@H]1C(=O)OC(c1ccccc1)c1ccccc1. The van der Waals surface area contributed by atoms with Crippen molar-refractivity contribution in [3.8, 4) is 0 Å². The molecule has 2 N–H and O–H groups in total. The van der Waals surface area contributed by atoms with Crippen molar-refractivity contribution >= 4 is 35.2 Å². The number of nitrogens with two attached hydrogens (primary N) is 1. The number of hydrogen-bond donors (Lipinski definition) is 1. The molecule has 2 saturated heterocycles. The number of esters is 1. The highest BCUT2D eigenvalue weighted by molar-refractivity contribution is 8.01. The number of carbonyl (C=O) groups is 2. The molecule has 0 saturated carbocycles. The van der Waals surface area contributed by atoms with E-state index in [0.717, 1.165) is 11.1 Å². The van der Waals surface area contributed by atoms with E-state index in [1.54, 1.807) is 0 Å². The van der Waals surface area contributed by atoms with Crippen LogP contribution in [0.1, 0.15) is 24.2 Å². The van der Waals surface area contributed by atoms with Crippen LogP contribution in [-0.4, -0.2) is 44.9 Å². The normalized spacial score (nSPS) is 28.8. The third-order valence-electron chi connectivity index (χ3n) is 5.29. The number of rotatable bonds is 5. The van der Waals surface area contributed by atoms with Gasteiger partial charge in [0.05, 0.1) is 4.75 Å². The van der Waals surface area contributed by atoms with Crippen LogP contribution >= 0.6 is 23.4 Å². The van der Waals surface area contributed by atoms with Gasteiger partial charge in [-0.25, -0.2) is 4.79 Å². The van der Waals surface area contributed by atoms with Crippen molar-refractivity contribution in [2.24, 2.45) is 5.73 Å². The monoisotopic (exact) mass is 416 g/mol. The van der Waals surface area contributed by atoms with Gasteiger partial charge in [-0.15, -0.1) is 23.4 Å². The summed E-state index contributed by atoms with van der Waals surface area (Å²) >= 11 is 7.68. The van der Waals surface area contributed by atoms with E-state index < -0.39 is 28.9 Å². The molecule has 28 heavy (non-hydrogen) atoms. The van der Waals surface area contributed by atoms with Gasteiger partial charge in [0.1, 0.15) is 17.5 Å². The molecule has 2 aromatic carbocycles. The first-order valence-electron chi connectivity index (χ1n) is 9.08. The van der Waals surface area contributed by atoms with E-state index in [9.17, 15) is 9.59 Å². The lowest BCUT2D eigenvalue weighted by molar-refractivity contribution is -0.165. The maximum atomic E-state index is 13.3. The van der Waals surface area contributed by atoms with Crippen LogP contribution in [0, 0.1) is 0 Å². The fourth-order valence-corrected chi connectivity index (χ4v) is 5.67. The number of β-lactam (4-membered cyclic amide) rings is 1. The van der Waals surface area contributed by atoms with E-state index >= 15 is 0 Å². The van der Waals surface area contributed by atoms with E-state index in [0.29, 0.717) is 0 Å². The second-order valence-electron chi connectivity index (χ2n) is 7.27. The van der Waals surface area contributed by atoms with E-state index in [1.807, 2.05) is 67.6 Å². The largest absolute Gasteiger partial charge is 0.451 e. The van der Waals surface area contributed by atoms with E-state index in [1.165, 1.54) is 16.7 Å². The molecule has 2 aliphatic heterocycles. The van der Waals surface area contributed by atoms with Gasteiger partial charge in [-0.1, -0.05) is 60.7 Å². The summed E-state index contributed by atoms with van der Waals surface area (Å²) in [5.41, 5.74) is 7.65. The summed E-state index contributed by atoms with van der Waals surface area (Å²) in [7, 11) is 0. The zero-order valence-corrected chi connectivity index (χ0v) is 16.9. The van der Waals surface area contributed by atoms with E-state index in [-0.39, 0.29) is 17.2 Å². The third kappa shape index (κ3) is 3.09. The first-order valence-corrected chi connectivity index (χ1v) is 10.5. The average molecular weight is 417 g/mol. The smallest absolute Gasteiger partial charge is 0.331 e. The molecule has 4 atom stereocenters. The molecule has 5 nitrogen and oxygen atoms in total. The lowest BCUT2D eigenvalue weighted by Crippen LogP contribution is -2.69.